The van der Waals surface area contributed by atoms with Gasteiger partial charge in [-0.1, -0.05) is 13.8 Å². The molecule has 1 N–H and O–H groups in total. The Morgan fingerprint density at radius 2 is 2.00 bits per heavy atom. The minimum absolute atomic E-state index is 0.376. The van der Waals surface area contributed by atoms with E-state index in [4.69, 9.17) is 0 Å². The lowest BCUT2D eigenvalue weighted by molar-refractivity contribution is 0.591. The maximum Gasteiger partial charge on any atom is 0.143 e. The summed E-state index contributed by atoms with van der Waals surface area (Å²) in [5.74, 6) is -0.983. The first-order valence-electron chi connectivity index (χ1n) is 5.59. The highest BCUT2D eigenvalue weighted by Gasteiger charge is 2.13. The van der Waals surface area contributed by atoms with E-state index in [0.29, 0.717) is 22.7 Å². The number of halogens is 2. The molecule has 1 heterocycles. The van der Waals surface area contributed by atoms with Gasteiger partial charge >= 0.3 is 0 Å². The molecule has 1 aromatic heterocycles. The largest absolute Gasteiger partial charge is 0.310 e. The van der Waals surface area contributed by atoms with Crippen molar-refractivity contribution >= 4 is 21.4 Å². The average molecular weight is 255 g/mol. The first-order chi connectivity index (χ1) is 7.99. The zero-order valence-corrected chi connectivity index (χ0v) is 10.9. The van der Waals surface area contributed by atoms with Gasteiger partial charge in [0, 0.05) is 28.9 Å². The van der Waals surface area contributed by atoms with Gasteiger partial charge in [-0.05, 0) is 18.6 Å². The Kier molecular flexibility index (Phi) is 3.45. The summed E-state index contributed by atoms with van der Waals surface area (Å²) in [7, 11) is 0. The SMILES string of the molecule is Cc1c(CNC(C)C)sc2c(F)cc(F)cc12. The van der Waals surface area contributed by atoms with E-state index in [1.807, 2.05) is 6.92 Å². The van der Waals surface area contributed by atoms with E-state index >= 15 is 0 Å². The van der Waals surface area contributed by atoms with Crippen LogP contribution in [0.2, 0.25) is 0 Å². The normalized spacial score (nSPS) is 11.6. The number of aryl methyl sites for hydroxylation is 1. The van der Waals surface area contributed by atoms with Crippen molar-refractivity contribution < 1.29 is 8.78 Å². The second kappa shape index (κ2) is 4.70. The molecule has 92 valence electrons. The summed E-state index contributed by atoms with van der Waals surface area (Å²) in [6.07, 6.45) is 0. The molecule has 0 saturated carbocycles. The molecule has 1 nitrogen and oxygen atoms in total. The summed E-state index contributed by atoms with van der Waals surface area (Å²) >= 11 is 1.40. The lowest BCUT2D eigenvalue weighted by Gasteiger charge is -2.06. The Bertz CT molecular complexity index is 546. The minimum atomic E-state index is -0.515. The second-order valence-corrected chi connectivity index (χ2v) is 5.56. The quantitative estimate of drug-likeness (QED) is 0.874. The van der Waals surface area contributed by atoms with E-state index in [-0.39, 0.29) is 0 Å². The van der Waals surface area contributed by atoms with E-state index in [1.165, 1.54) is 17.4 Å². The van der Waals surface area contributed by atoms with Crippen molar-refractivity contribution in [2.75, 3.05) is 0 Å². The Balaban J connectivity index is 2.45. The molecule has 2 rings (SSSR count). The van der Waals surface area contributed by atoms with Crippen LogP contribution in [0.25, 0.3) is 10.1 Å². The number of benzene rings is 1. The van der Waals surface area contributed by atoms with Gasteiger partial charge in [0.2, 0.25) is 0 Å². The van der Waals surface area contributed by atoms with Crippen LogP contribution < -0.4 is 5.32 Å². The average Bonchev–Trinajstić information content (AvgIpc) is 2.54. The standard InChI is InChI=1S/C13H15F2NS/c1-7(2)16-6-12-8(3)10-4-9(14)5-11(15)13(10)17-12/h4-5,7,16H,6H2,1-3H3. The highest BCUT2D eigenvalue weighted by Crippen LogP contribution is 2.33. The molecule has 1 aromatic carbocycles. The van der Waals surface area contributed by atoms with Crippen molar-refractivity contribution in [2.24, 2.45) is 0 Å². The van der Waals surface area contributed by atoms with Gasteiger partial charge in [-0.2, -0.15) is 0 Å². The number of thiophene rings is 1. The van der Waals surface area contributed by atoms with Gasteiger partial charge in [0.15, 0.2) is 0 Å². The molecule has 0 fully saturated rings. The summed E-state index contributed by atoms with van der Waals surface area (Å²) in [5, 5.41) is 3.98. The van der Waals surface area contributed by atoms with E-state index < -0.39 is 11.6 Å². The molecular weight excluding hydrogens is 240 g/mol. The predicted molar refractivity (Wildman–Crippen MR) is 68.5 cm³/mol. The van der Waals surface area contributed by atoms with Crippen LogP contribution in [0.1, 0.15) is 24.3 Å². The van der Waals surface area contributed by atoms with Gasteiger partial charge in [-0.25, -0.2) is 8.78 Å². The zero-order valence-electron chi connectivity index (χ0n) is 10.1. The fraction of sp³-hybridized carbons (Fsp3) is 0.385. The number of fused-ring (bicyclic) bond motifs is 1. The highest BCUT2D eigenvalue weighted by atomic mass is 32.1. The lowest BCUT2D eigenvalue weighted by atomic mass is 10.1. The van der Waals surface area contributed by atoms with Gasteiger partial charge < -0.3 is 5.32 Å². The summed E-state index contributed by atoms with van der Waals surface area (Å²) in [5.41, 5.74) is 0.969. The van der Waals surface area contributed by atoms with Gasteiger partial charge in [0.1, 0.15) is 11.6 Å². The van der Waals surface area contributed by atoms with Crippen LogP contribution in [0.3, 0.4) is 0 Å². The first kappa shape index (κ1) is 12.5. The number of hydrogen-bond acceptors (Lipinski definition) is 2. The fourth-order valence-electron chi connectivity index (χ4n) is 1.76. The van der Waals surface area contributed by atoms with Crippen LogP contribution in [-0.4, -0.2) is 6.04 Å². The van der Waals surface area contributed by atoms with Crippen LogP contribution in [0, 0.1) is 18.6 Å². The molecule has 4 heteroatoms. The summed E-state index contributed by atoms with van der Waals surface area (Å²) in [4.78, 5) is 1.07. The summed E-state index contributed by atoms with van der Waals surface area (Å²) in [6, 6.07) is 2.72. The Labute approximate surface area is 103 Å². The third-order valence-electron chi connectivity index (χ3n) is 2.73. The molecule has 0 aliphatic carbocycles. The number of hydrogen-bond donors (Lipinski definition) is 1. The smallest absolute Gasteiger partial charge is 0.143 e. The third-order valence-corrected chi connectivity index (χ3v) is 4.04. The van der Waals surface area contributed by atoms with Crippen molar-refractivity contribution in [3.8, 4) is 0 Å². The van der Waals surface area contributed by atoms with Gasteiger partial charge in [0.05, 0.1) is 4.70 Å². The second-order valence-electron chi connectivity index (χ2n) is 4.45. The first-order valence-corrected chi connectivity index (χ1v) is 6.41. The topological polar surface area (TPSA) is 12.0 Å². The molecule has 0 saturated heterocycles. The Morgan fingerprint density at radius 3 is 2.65 bits per heavy atom. The number of nitrogens with one attached hydrogen (secondary N) is 1. The molecule has 0 spiro atoms. The molecule has 0 radical (unpaired) electrons. The van der Waals surface area contributed by atoms with Crippen LogP contribution in [-0.2, 0) is 6.54 Å². The minimum Gasteiger partial charge on any atom is -0.310 e. The molecule has 17 heavy (non-hydrogen) atoms. The monoisotopic (exact) mass is 255 g/mol. The molecule has 0 unspecified atom stereocenters. The van der Waals surface area contributed by atoms with Crippen molar-refractivity contribution in [1.82, 2.24) is 5.32 Å². The molecular formula is C13H15F2NS. The predicted octanol–water partition coefficient (Wildman–Crippen LogP) is 3.99. The van der Waals surface area contributed by atoms with Crippen molar-refractivity contribution in [1.29, 1.82) is 0 Å². The van der Waals surface area contributed by atoms with Gasteiger partial charge in [-0.3, -0.25) is 0 Å². The molecule has 0 atom stereocenters. The third kappa shape index (κ3) is 2.48. The van der Waals surface area contributed by atoms with E-state index in [2.05, 4.69) is 19.2 Å². The number of rotatable bonds is 3. The zero-order chi connectivity index (χ0) is 12.6. The van der Waals surface area contributed by atoms with E-state index in [1.54, 1.807) is 0 Å². The van der Waals surface area contributed by atoms with Crippen LogP contribution in [0.5, 0.6) is 0 Å². The van der Waals surface area contributed by atoms with E-state index in [0.717, 1.165) is 16.5 Å². The highest BCUT2D eigenvalue weighted by molar-refractivity contribution is 7.19. The molecule has 0 amide bonds. The van der Waals surface area contributed by atoms with Crippen molar-refractivity contribution in [3.05, 3.63) is 34.2 Å². The molecule has 0 aliphatic heterocycles. The molecule has 0 aliphatic rings. The van der Waals surface area contributed by atoms with Crippen molar-refractivity contribution in [3.63, 3.8) is 0 Å². The summed E-state index contributed by atoms with van der Waals surface area (Å²) in [6.45, 7) is 6.73. The van der Waals surface area contributed by atoms with Gasteiger partial charge in [0.25, 0.3) is 0 Å². The van der Waals surface area contributed by atoms with Crippen LogP contribution in [0.4, 0.5) is 8.78 Å². The maximum absolute atomic E-state index is 13.6. The fourth-order valence-corrected chi connectivity index (χ4v) is 2.90. The Morgan fingerprint density at radius 1 is 1.29 bits per heavy atom. The van der Waals surface area contributed by atoms with Gasteiger partial charge in [-0.15, -0.1) is 11.3 Å². The van der Waals surface area contributed by atoms with Crippen molar-refractivity contribution in [2.45, 2.75) is 33.4 Å². The lowest BCUT2D eigenvalue weighted by Crippen LogP contribution is -2.21. The summed E-state index contributed by atoms with van der Waals surface area (Å²) < 4.78 is 27.3. The van der Waals surface area contributed by atoms with E-state index in [9.17, 15) is 8.78 Å². The van der Waals surface area contributed by atoms with Crippen LogP contribution >= 0.6 is 11.3 Å². The van der Waals surface area contributed by atoms with Crippen LogP contribution in [0.15, 0.2) is 12.1 Å². The Hall–Kier alpha value is -1.00. The molecule has 0 bridgehead atoms. The molecule has 2 aromatic rings. The maximum atomic E-state index is 13.6.